The number of morpholine rings is 1. The minimum Gasteiger partial charge on any atom is -0.481 e. The number of carboxylic acid groups (broad SMARTS) is 1. The summed E-state index contributed by atoms with van der Waals surface area (Å²) in [6.45, 7) is 7.09. The van der Waals surface area contributed by atoms with Crippen molar-refractivity contribution in [3.63, 3.8) is 0 Å². The number of ether oxygens (including phenoxy) is 2. The zero-order chi connectivity index (χ0) is 15.2. The van der Waals surface area contributed by atoms with E-state index < -0.39 is 11.6 Å². The Morgan fingerprint density at radius 3 is 2.65 bits per heavy atom. The third-order valence-electron chi connectivity index (χ3n) is 2.96. The first-order valence-electron chi connectivity index (χ1n) is 7.09. The van der Waals surface area contributed by atoms with Crippen LogP contribution in [-0.2, 0) is 14.3 Å². The Hall–Kier alpha value is -1.30. The smallest absolute Gasteiger partial charge is 0.410 e. The number of rotatable bonds is 5. The van der Waals surface area contributed by atoms with Gasteiger partial charge in [0.05, 0.1) is 19.3 Å². The van der Waals surface area contributed by atoms with Crippen molar-refractivity contribution in [3.05, 3.63) is 0 Å². The minimum absolute atomic E-state index is 0.0231. The van der Waals surface area contributed by atoms with E-state index >= 15 is 0 Å². The lowest BCUT2D eigenvalue weighted by atomic mass is 10.1. The first kappa shape index (κ1) is 16.8. The van der Waals surface area contributed by atoms with Crippen molar-refractivity contribution in [1.29, 1.82) is 0 Å². The molecule has 0 bridgehead atoms. The summed E-state index contributed by atoms with van der Waals surface area (Å²) < 4.78 is 10.9. The standard InChI is InChI=1S/C14H25NO5/c1-14(2,3)20-13(18)15-8-9-19-11(10-15)6-4-5-7-12(16)17/h11H,4-10H2,1-3H3,(H,16,17)/t11-/m1/s1. The van der Waals surface area contributed by atoms with E-state index in [4.69, 9.17) is 14.6 Å². The molecular formula is C14H25NO5. The summed E-state index contributed by atoms with van der Waals surface area (Å²) in [4.78, 5) is 24.0. The van der Waals surface area contributed by atoms with Crippen molar-refractivity contribution in [2.75, 3.05) is 19.7 Å². The molecule has 1 fully saturated rings. The zero-order valence-electron chi connectivity index (χ0n) is 12.6. The maximum atomic E-state index is 11.9. The van der Waals surface area contributed by atoms with Crippen LogP contribution in [0.5, 0.6) is 0 Å². The summed E-state index contributed by atoms with van der Waals surface area (Å²) in [6.07, 6.45) is 2.05. The fraction of sp³-hybridized carbons (Fsp3) is 0.857. The highest BCUT2D eigenvalue weighted by Crippen LogP contribution is 2.16. The summed E-state index contributed by atoms with van der Waals surface area (Å²) in [7, 11) is 0. The zero-order valence-corrected chi connectivity index (χ0v) is 12.6. The normalized spacial score (nSPS) is 19.8. The molecule has 0 spiro atoms. The average Bonchev–Trinajstić information content (AvgIpc) is 2.33. The Balaban J connectivity index is 2.31. The van der Waals surface area contributed by atoms with Gasteiger partial charge in [0.2, 0.25) is 0 Å². The lowest BCUT2D eigenvalue weighted by Crippen LogP contribution is -2.47. The van der Waals surface area contributed by atoms with E-state index in [9.17, 15) is 9.59 Å². The molecule has 116 valence electrons. The second kappa shape index (κ2) is 7.47. The van der Waals surface area contributed by atoms with Gasteiger partial charge in [-0.05, 0) is 33.6 Å². The van der Waals surface area contributed by atoms with Crippen LogP contribution in [0, 0.1) is 0 Å². The number of hydrogen-bond acceptors (Lipinski definition) is 4. The molecule has 0 unspecified atom stereocenters. The van der Waals surface area contributed by atoms with E-state index in [0.29, 0.717) is 26.1 Å². The minimum atomic E-state index is -0.773. The molecule has 0 aromatic heterocycles. The van der Waals surface area contributed by atoms with Gasteiger partial charge in [-0.2, -0.15) is 0 Å². The van der Waals surface area contributed by atoms with Crippen LogP contribution >= 0.6 is 0 Å². The first-order chi connectivity index (χ1) is 9.28. The monoisotopic (exact) mass is 287 g/mol. The predicted molar refractivity (Wildman–Crippen MR) is 73.7 cm³/mol. The number of unbranched alkanes of at least 4 members (excludes halogenated alkanes) is 1. The number of hydrogen-bond donors (Lipinski definition) is 1. The summed E-state index contributed by atoms with van der Waals surface area (Å²) >= 11 is 0. The third kappa shape index (κ3) is 6.75. The van der Waals surface area contributed by atoms with E-state index in [1.54, 1.807) is 4.90 Å². The first-order valence-corrected chi connectivity index (χ1v) is 7.09. The lowest BCUT2D eigenvalue weighted by molar-refractivity contribution is -0.137. The van der Waals surface area contributed by atoms with E-state index in [2.05, 4.69) is 0 Å². The van der Waals surface area contributed by atoms with Crippen molar-refractivity contribution >= 4 is 12.1 Å². The van der Waals surface area contributed by atoms with Crippen LogP contribution in [0.25, 0.3) is 0 Å². The number of nitrogens with zero attached hydrogens (tertiary/aromatic N) is 1. The highest BCUT2D eigenvalue weighted by molar-refractivity contribution is 5.68. The molecule has 6 nitrogen and oxygen atoms in total. The van der Waals surface area contributed by atoms with Crippen molar-refractivity contribution < 1.29 is 24.2 Å². The Bertz CT molecular complexity index is 337. The van der Waals surface area contributed by atoms with Crippen LogP contribution in [0.15, 0.2) is 0 Å². The van der Waals surface area contributed by atoms with Crippen molar-refractivity contribution in [2.24, 2.45) is 0 Å². The van der Waals surface area contributed by atoms with E-state index in [1.165, 1.54) is 0 Å². The molecule has 0 saturated carbocycles. The van der Waals surface area contributed by atoms with Gasteiger partial charge in [0.25, 0.3) is 0 Å². The molecule has 1 aliphatic rings. The highest BCUT2D eigenvalue weighted by atomic mass is 16.6. The largest absolute Gasteiger partial charge is 0.481 e. The molecule has 0 radical (unpaired) electrons. The van der Waals surface area contributed by atoms with Gasteiger partial charge < -0.3 is 19.5 Å². The van der Waals surface area contributed by atoms with Crippen LogP contribution in [0.1, 0.15) is 46.5 Å². The summed E-state index contributed by atoms with van der Waals surface area (Å²) in [5.74, 6) is -0.773. The summed E-state index contributed by atoms with van der Waals surface area (Å²) in [5.41, 5.74) is -0.494. The van der Waals surface area contributed by atoms with Gasteiger partial charge in [0.1, 0.15) is 5.60 Å². The van der Waals surface area contributed by atoms with Gasteiger partial charge >= 0.3 is 12.1 Å². The predicted octanol–water partition coefficient (Wildman–Crippen LogP) is 2.27. The highest BCUT2D eigenvalue weighted by Gasteiger charge is 2.27. The van der Waals surface area contributed by atoms with Crippen LogP contribution in [0.2, 0.25) is 0 Å². The number of aliphatic carboxylic acids is 1. The molecule has 0 aliphatic carbocycles. The molecule has 1 N–H and O–H groups in total. The number of carbonyl (C=O) groups is 2. The number of carbonyl (C=O) groups excluding carboxylic acids is 1. The molecular weight excluding hydrogens is 262 g/mol. The summed E-state index contributed by atoms with van der Waals surface area (Å²) in [5, 5.41) is 8.57. The molecule has 1 rings (SSSR count). The topological polar surface area (TPSA) is 76.1 Å². The molecule has 0 aromatic rings. The second-order valence-electron chi connectivity index (χ2n) is 6.06. The molecule has 1 aliphatic heterocycles. The van der Waals surface area contributed by atoms with Crippen molar-refractivity contribution in [3.8, 4) is 0 Å². The van der Waals surface area contributed by atoms with E-state index in [0.717, 1.165) is 12.8 Å². The Morgan fingerprint density at radius 2 is 2.05 bits per heavy atom. The van der Waals surface area contributed by atoms with Crippen LogP contribution < -0.4 is 0 Å². The molecule has 1 heterocycles. The van der Waals surface area contributed by atoms with E-state index in [1.807, 2.05) is 20.8 Å². The van der Waals surface area contributed by atoms with Gasteiger partial charge in [0.15, 0.2) is 0 Å². The SMILES string of the molecule is CC(C)(C)OC(=O)N1CCO[C@H](CCCCC(=O)O)C1. The molecule has 20 heavy (non-hydrogen) atoms. The van der Waals surface area contributed by atoms with E-state index in [-0.39, 0.29) is 18.6 Å². The van der Waals surface area contributed by atoms with Gasteiger partial charge in [-0.15, -0.1) is 0 Å². The van der Waals surface area contributed by atoms with Crippen LogP contribution in [0.3, 0.4) is 0 Å². The van der Waals surface area contributed by atoms with Crippen LogP contribution in [0.4, 0.5) is 4.79 Å². The van der Waals surface area contributed by atoms with Gasteiger partial charge in [0, 0.05) is 13.0 Å². The van der Waals surface area contributed by atoms with Crippen LogP contribution in [-0.4, -0.2) is 53.5 Å². The lowest BCUT2D eigenvalue weighted by Gasteiger charge is -2.34. The fourth-order valence-corrected chi connectivity index (χ4v) is 2.03. The average molecular weight is 287 g/mol. The third-order valence-corrected chi connectivity index (χ3v) is 2.96. The Labute approximate surface area is 120 Å². The molecule has 1 atom stereocenters. The molecule has 0 aromatic carbocycles. The van der Waals surface area contributed by atoms with Crippen molar-refractivity contribution in [2.45, 2.75) is 58.2 Å². The quantitative estimate of drug-likeness (QED) is 0.785. The van der Waals surface area contributed by atoms with Gasteiger partial charge in [-0.25, -0.2) is 4.79 Å². The maximum absolute atomic E-state index is 11.9. The van der Waals surface area contributed by atoms with Crippen molar-refractivity contribution in [1.82, 2.24) is 4.90 Å². The summed E-state index contributed by atoms with van der Waals surface area (Å²) in [6, 6.07) is 0. The molecule has 6 heteroatoms. The molecule has 1 saturated heterocycles. The molecule has 1 amide bonds. The maximum Gasteiger partial charge on any atom is 0.410 e. The second-order valence-corrected chi connectivity index (χ2v) is 6.06. The van der Waals surface area contributed by atoms with Gasteiger partial charge in [-0.3, -0.25) is 4.79 Å². The number of amides is 1. The van der Waals surface area contributed by atoms with Gasteiger partial charge in [-0.1, -0.05) is 6.42 Å². The number of carboxylic acids is 1. The Kier molecular flexibility index (Phi) is 6.26. The Morgan fingerprint density at radius 1 is 1.35 bits per heavy atom. The fourth-order valence-electron chi connectivity index (χ4n) is 2.03.